The van der Waals surface area contributed by atoms with E-state index in [4.69, 9.17) is 5.84 Å². The molecule has 1 aromatic carbocycles. The van der Waals surface area contributed by atoms with Crippen molar-refractivity contribution in [2.45, 2.75) is 13.0 Å². The molecular weight excluding hydrogens is 340 g/mol. The van der Waals surface area contributed by atoms with Crippen LogP contribution in [0.15, 0.2) is 44.5 Å². The molecule has 0 aliphatic rings. The molecular formula is C13H13BrN4O3. The molecule has 7 nitrogen and oxygen atoms in total. The van der Waals surface area contributed by atoms with Crippen molar-refractivity contribution in [1.29, 1.82) is 0 Å². The molecule has 110 valence electrons. The van der Waals surface area contributed by atoms with Crippen molar-refractivity contribution in [2.24, 2.45) is 5.84 Å². The van der Waals surface area contributed by atoms with Crippen LogP contribution in [0.2, 0.25) is 0 Å². The number of nitrogens with two attached hydrogens (primary N) is 1. The van der Waals surface area contributed by atoms with Gasteiger partial charge in [-0.3, -0.25) is 24.6 Å². The number of rotatable bonds is 4. The summed E-state index contributed by atoms with van der Waals surface area (Å²) in [6.45, 7) is 0.238. The smallest absolute Gasteiger partial charge is 0.295 e. The van der Waals surface area contributed by atoms with Gasteiger partial charge in [0, 0.05) is 6.20 Å². The molecule has 0 atom stereocenters. The van der Waals surface area contributed by atoms with Crippen LogP contribution in [0.25, 0.3) is 0 Å². The highest BCUT2D eigenvalue weighted by molar-refractivity contribution is 9.10. The van der Waals surface area contributed by atoms with E-state index in [1.807, 2.05) is 12.1 Å². The Hall–Kier alpha value is -2.19. The van der Waals surface area contributed by atoms with Crippen LogP contribution >= 0.6 is 15.9 Å². The number of hydrogen-bond donors (Lipinski definition) is 3. The molecule has 2 aromatic rings. The molecule has 0 spiro atoms. The number of aromatic nitrogens is 2. The molecule has 0 saturated heterocycles. The number of aromatic amines is 1. The Morgan fingerprint density at radius 1 is 1.29 bits per heavy atom. The molecule has 0 aliphatic heterocycles. The predicted octanol–water partition coefficient (Wildman–Crippen LogP) is -0.120. The van der Waals surface area contributed by atoms with Gasteiger partial charge in [0.05, 0.1) is 17.4 Å². The number of halogens is 1. The first-order valence-corrected chi connectivity index (χ1v) is 6.86. The number of carbonyl (C=O) groups is 1. The zero-order chi connectivity index (χ0) is 15.4. The first kappa shape index (κ1) is 15.2. The van der Waals surface area contributed by atoms with E-state index < -0.39 is 11.2 Å². The van der Waals surface area contributed by atoms with Crippen LogP contribution in [0.3, 0.4) is 0 Å². The number of nitrogens with one attached hydrogen (secondary N) is 2. The fourth-order valence-corrected chi connectivity index (χ4v) is 2.24. The third kappa shape index (κ3) is 3.67. The highest BCUT2D eigenvalue weighted by atomic mass is 79.9. The number of hydrogen-bond acceptors (Lipinski definition) is 4. The topological polar surface area (TPSA) is 110 Å². The molecule has 0 radical (unpaired) electrons. The lowest BCUT2D eigenvalue weighted by molar-refractivity contribution is -0.120. The van der Waals surface area contributed by atoms with Gasteiger partial charge in [-0.1, -0.05) is 24.3 Å². The Morgan fingerprint density at radius 3 is 2.62 bits per heavy atom. The molecule has 1 heterocycles. The van der Waals surface area contributed by atoms with Crippen molar-refractivity contribution in [2.75, 3.05) is 0 Å². The third-order valence-corrected chi connectivity index (χ3v) is 3.50. The molecule has 0 saturated carbocycles. The van der Waals surface area contributed by atoms with E-state index in [1.54, 1.807) is 12.1 Å². The van der Waals surface area contributed by atoms with Gasteiger partial charge in [-0.25, -0.2) is 10.6 Å². The Bertz CT molecular complexity index is 781. The lowest BCUT2D eigenvalue weighted by atomic mass is 10.0. The molecule has 0 aliphatic carbocycles. The van der Waals surface area contributed by atoms with E-state index in [9.17, 15) is 14.4 Å². The summed E-state index contributed by atoms with van der Waals surface area (Å²) in [5, 5.41) is 0. The second-order valence-electron chi connectivity index (χ2n) is 4.38. The van der Waals surface area contributed by atoms with Crippen molar-refractivity contribution in [3.63, 3.8) is 0 Å². The van der Waals surface area contributed by atoms with Crippen LogP contribution in [-0.4, -0.2) is 15.5 Å². The van der Waals surface area contributed by atoms with E-state index in [1.165, 1.54) is 10.8 Å². The summed E-state index contributed by atoms with van der Waals surface area (Å²) in [5.74, 6) is 4.76. The fraction of sp³-hybridized carbons (Fsp3) is 0.154. The maximum Gasteiger partial charge on any atom is 0.328 e. The van der Waals surface area contributed by atoms with Crippen LogP contribution in [-0.2, 0) is 17.8 Å². The van der Waals surface area contributed by atoms with Gasteiger partial charge < -0.3 is 0 Å². The molecule has 0 fully saturated rings. The summed E-state index contributed by atoms with van der Waals surface area (Å²) in [4.78, 5) is 36.7. The Morgan fingerprint density at radius 2 is 1.95 bits per heavy atom. The number of nitrogens with zero attached hydrogens (tertiary/aromatic N) is 1. The standard InChI is InChI=1S/C13H13BrN4O3/c14-10-7-18(13(21)16-12(10)20)6-9-4-2-1-3-8(9)5-11(19)17-15/h1-4,7H,5-6,15H2,(H,17,19)(H,16,20,21). The van der Waals surface area contributed by atoms with Gasteiger partial charge in [-0.15, -0.1) is 0 Å². The van der Waals surface area contributed by atoms with Crippen LogP contribution in [0.5, 0.6) is 0 Å². The zero-order valence-corrected chi connectivity index (χ0v) is 12.5. The quantitative estimate of drug-likeness (QED) is 0.404. The number of carbonyl (C=O) groups excluding carboxylic acids is 1. The van der Waals surface area contributed by atoms with Crippen molar-refractivity contribution in [1.82, 2.24) is 15.0 Å². The van der Waals surface area contributed by atoms with Gasteiger partial charge in [0.2, 0.25) is 5.91 Å². The minimum atomic E-state index is -0.513. The van der Waals surface area contributed by atoms with Crippen LogP contribution in [0.1, 0.15) is 11.1 Å². The highest BCUT2D eigenvalue weighted by Crippen LogP contribution is 2.11. The van der Waals surface area contributed by atoms with E-state index in [2.05, 4.69) is 26.3 Å². The Kier molecular flexibility index (Phi) is 4.71. The lowest BCUT2D eigenvalue weighted by Crippen LogP contribution is -2.32. The lowest BCUT2D eigenvalue weighted by Gasteiger charge is -2.10. The van der Waals surface area contributed by atoms with Gasteiger partial charge in [0.25, 0.3) is 5.56 Å². The maximum absolute atomic E-state index is 11.8. The van der Waals surface area contributed by atoms with E-state index >= 15 is 0 Å². The second-order valence-corrected chi connectivity index (χ2v) is 5.23. The van der Waals surface area contributed by atoms with Crippen LogP contribution in [0.4, 0.5) is 0 Å². The molecule has 1 aromatic heterocycles. The average Bonchev–Trinajstić information content (AvgIpc) is 2.46. The summed E-state index contributed by atoms with van der Waals surface area (Å²) in [7, 11) is 0. The van der Waals surface area contributed by atoms with Gasteiger partial charge in [-0.2, -0.15) is 0 Å². The van der Waals surface area contributed by atoms with Gasteiger partial charge in [0.1, 0.15) is 0 Å². The third-order valence-electron chi connectivity index (χ3n) is 2.94. The van der Waals surface area contributed by atoms with Crippen molar-refractivity contribution in [3.8, 4) is 0 Å². The average molecular weight is 353 g/mol. The van der Waals surface area contributed by atoms with Crippen LogP contribution in [0, 0.1) is 0 Å². The monoisotopic (exact) mass is 352 g/mol. The largest absolute Gasteiger partial charge is 0.328 e. The summed E-state index contributed by atoms with van der Waals surface area (Å²) in [6.07, 6.45) is 1.53. The summed E-state index contributed by atoms with van der Waals surface area (Å²) in [5.41, 5.74) is 2.63. The first-order valence-electron chi connectivity index (χ1n) is 6.06. The van der Waals surface area contributed by atoms with E-state index in [-0.39, 0.29) is 23.3 Å². The molecule has 4 N–H and O–H groups in total. The minimum Gasteiger partial charge on any atom is -0.295 e. The van der Waals surface area contributed by atoms with Gasteiger partial charge >= 0.3 is 5.69 Å². The SMILES string of the molecule is NNC(=O)Cc1ccccc1Cn1cc(Br)c(=O)[nH]c1=O. The molecule has 0 bridgehead atoms. The Balaban J connectivity index is 2.36. The maximum atomic E-state index is 11.8. The number of H-pyrrole nitrogens is 1. The van der Waals surface area contributed by atoms with E-state index in [0.29, 0.717) is 0 Å². The van der Waals surface area contributed by atoms with Crippen LogP contribution < -0.4 is 22.5 Å². The fourth-order valence-electron chi connectivity index (χ4n) is 1.89. The summed E-state index contributed by atoms with van der Waals surface area (Å²) < 4.78 is 1.62. The Labute approximate surface area is 127 Å². The molecule has 2 rings (SSSR count). The molecule has 1 amide bonds. The first-order chi connectivity index (χ1) is 10.0. The highest BCUT2D eigenvalue weighted by Gasteiger charge is 2.09. The minimum absolute atomic E-state index is 0.117. The second kappa shape index (κ2) is 6.51. The molecule has 21 heavy (non-hydrogen) atoms. The number of amides is 1. The molecule has 8 heteroatoms. The predicted molar refractivity (Wildman–Crippen MR) is 80.6 cm³/mol. The van der Waals surface area contributed by atoms with Crippen molar-refractivity contribution >= 4 is 21.8 Å². The van der Waals surface area contributed by atoms with Crippen molar-refractivity contribution < 1.29 is 4.79 Å². The normalized spacial score (nSPS) is 10.4. The number of hydrazine groups is 1. The zero-order valence-electron chi connectivity index (χ0n) is 10.9. The number of benzene rings is 1. The molecule has 0 unspecified atom stereocenters. The van der Waals surface area contributed by atoms with Gasteiger partial charge in [-0.05, 0) is 27.1 Å². The van der Waals surface area contributed by atoms with Crippen molar-refractivity contribution in [3.05, 3.63) is 66.9 Å². The van der Waals surface area contributed by atoms with E-state index in [0.717, 1.165) is 11.1 Å². The summed E-state index contributed by atoms with van der Waals surface area (Å²) >= 11 is 3.08. The van der Waals surface area contributed by atoms with Gasteiger partial charge in [0.15, 0.2) is 0 Å². The summed E-state index contributed by atoms with van der Waals surface area (Å²) in [6, 6.07) is 7.21.